The Morgan fingerprint density at radius 2 is 1.78 bits per heavy atom. The molecule has 2 heterocycles. The number of para-hydroxylation sites is 1. The zero-order chi connectivity index (χ0) is 18.6. The maximum atomic E-state index is 12.2. The molecular formula is C20H19N5O2. The van der Waals surface area contributed by atoms with Crippen molar-refractivity contribution in [3.05, 3.63) is 88.1 Å². The first-order valence-corrected chi connectivity index (χ1v) is 8.69. The Bertz CT molecular complexity index is 1100. The summed E-state index contributed by atoms with van der Waals surface area (Å²) in [7, 11) is 1.91. The van der Waals surface area contributed by atoms with Gasteiger partial charge in [-0.1, -0.05) is 47.6 Å². The number of aromatic amines is 1. The Morgan fingerprint density at radius 3 is 2.63 bits per heavy atom. The molecule has 7 heteroatoms. The largest absolute Gasteiger partial charge is 0.338 e. The van der Waals surface area contributed by atoms with Gasteiger partial charge in [-0.25, -0.2) is 4.98 Å². The lowest BCUT2D eigenvalue weighted by Gasteiger charge is -2.13. The number of nitrogens with one attached hydrogen (secondary N) is 1. The predicted molar refractivity (Wildman–Crippen MR) is 101 cm³/mol. The molecular weight excluding hydrogens is 342 g/mol. The van der Waals surface area contributed by atoms with Crippen molar-refractivity contribution in [1.29, 1.82) is 0 Å². The fourth-order valence-electron chi connectivity index (χ4n) is 2.96. The second-order valence-electron chi connectivity index (χ2n) is 6.47. The van der Waals surface area contributed by atoms with E-state index in [1.54, 1.807) is 6.07 Å². The fraction of sp³-hybridized carbons (Fsp3) is 0.200. The average Bonchev–Trinajstić information content (AvgIpc) is 3.09. The van der Waals surface area contributed by atoms with Gasteiger partial charge >= 0.3 is 0 Å². The Kier molecular flexibility index (Phi) is 4.76. The third kappa shape index (κ3) is 4.09. The molecule has 136 valence electrons. The van der Waals surface area contributed by atoms with Gasteiger partial charge in [0.2, 0.25) is 5.89 Å². The van der Waals surface area contributed by atoms with Gasteiger partial charge in [-0.3, -0.25) is 9.69 Å². The van der Waals surface area contributed by atoms with Gasteiger partial charge in [0.05, 0.1) is 24.0 Å². The number of aromatic nitrogens is 4. The van der Waals surface area contributed by atoms with E-state index in [9.17, 15) is 4.79 Å². The minimum atomic E-state index is -0.132. The molecule has 2 aromatic carbocycles. The molecule has 0 unspecified atom stereocenters. The molecule has 0 fully saturated rings. The lowest BCUT2D eigenvalue weighted by molar-refractivity contribution is 0.255. The second-order valence-corrected chi connectivity index (χ2v) is 6.47. The van der Waals surface area contributed by atoms with Gasteiger partial charge < -0.3 is 9.51 Å². The SMILES string of the molecule is CN(Cc1nc2ccccc2c(=O)[nH]1)Cc1nc(Cc2ccccc2)no1. The summed E-state index contributed by atoms with van der Waals surface area (Å²) in [5.74, 6) is 1.79. The summed E-state index contributed by atoms with van der Waals surface area (Å²) < 4.78 is 5.34. The van der Waals surface area contributed by atoms with Crippen molar-refractivity contribution in [2.24, 2.45) is 0 Å². The highest BCUT2D eigenvalue weighted by Crippen LogP contribution is 2.10. The monoisotopic (exact) mass is 361 g/mol. The molecule has 2 aromatic heterocycles. The predicted octanol–water partition coefficient (Wildman–Crippen LogP) is 2.53. The molecule has 0 spiro atoms. The van der Waals surface area contributed by atoms with Crippen molar-refractivity contribution in [2.45, 2.75) is 19.5 Å². The molecule has 0 aliphatic rings. The number of H-pyrrole nitrogens is 1. The molecule has 0 saturated carbocycles. The van der Waals surface area contributed by atoms with Gasteiger partial charge in [-0.2, -0.15) is 4.98 Å². The van der Waals surface area contributed by atoms with E-state index in [-0.39, 0.29) is 5.56 Å². The molecule has 0 bridgehead atoms. The molecule has 7 nitrogen and oxygen atoms in total. The van der Waals surface area contributed by atoms with Crippen LogP contribution in [0.4, 0.5) is 0 Å². The average molecular weight is 361 g/mol. The number of hydrogen-bond acceptors (Lipinski definition) is 6. The van der Waals surface area contributed by atoms with E-state index in [2.05, 4.69) is 20.1 Å². The number of rotatable bonds is 6. The van der Waals surface area contributed by atoms with Crippen LogP contribution >= 0.6 is 0 Å². The first-order valence-electron chi connectivity index (χ1n) is 8.69. The summed E-state index contributed by atoms with van der Waals surface area (Å²) in [5, 5.41) is 4.63. The van der Waals surface area contributed by atoms with Crippen LogP contribution in [-0.2, 0) is 19.5 Å². The number of fused-ring (bicyclic) bond motifs is 1. The molecule has 0 atom stereocenters. The molecule has 4 aromatic rings. The Balaban J connectivity index is 1.42. The normalized spacial score (nSPS) is 11.3. The fourth-order valence-corrected chi connectivity index (χ4v) is 2.96. The van der Waals surface area contributed by atoms with Crippen LogP contribution in [0.3, 0.4) is 0 Å². The molecule has 0 amide bonds. The first kappa shape index (κ1) is 17.1. The van der Waals surface area contributed by atoms with Crippen LogP contribution in [-0.4, -0.2) is 32.1 Å². The van der Waals surface area contributed by atoms with Crippen LogP contribution in [0.2, 0.25) is 0 Å². The van der Waals surface area contributed by atoms with E-state index in [1.807, 2.05) is 60.5 Å². The summed E-state index contributed by atoms with van der Waals surface area (Å²) in [6.45, 7) is 0.939. The van der Waals surface area contributed by atoms with E-state index < -0.39 is 0 Å². The van der Waals surface area contributed by atoms with Crippen LogP contribution in [0.25, 0.3) is 10.9 Å². The maximum absolute atomic E-state index is 12.2. The quantitative estimate of drug-likeness (QED) is 0.568. The maximum Gasteiger partial charge on any atom is 0.258 e. The van der Waals surface area contributed by atoms with Crippen molar-refractivity contribution >= 4 is 10.9 Å². The van der Waals surface area contributed by atoms with Gasteiger partial charge in [-0.05, 0) is 24.7 Å². The first-order chi connectivity index (χ1) is 13.2. The Hall–Kier alpha value is -3.32. The molecule has 4 rings (SSSR count). The molecule has 0 aliphatic carbocycles. The second kappa shape index (κ2) is 7.51. The van der Waals surface area contributed by atoms with Crippen molar-refractivity contribution in [1.82, 2.24) is 25.0 Å². The van der Waals surface area contributed by atoms with E-state index in [0.717, 1.165) is 5.56 Å². The molecule has 1 N–H and O–H groups in total. The van der Waals surface area contributed by atoms with E-state index in [0.29, 0.717) is 48.0 Å². The molecule has 27 heavy (non-hydrogen) atoms. The minimum Gasteiger partial charge on any atom is -0.338 e. The summed E-state index contributed by atoms with van der Waals surface area (Å²) in [5.41, 5.74) is 1.69. The van der Waals surface area contributed by atoms with Gasteiger partial charge in [0.25, 0.3) is 5.56 Å². The molecule has 0 radical (unpaired) electrons. The zero-order valence-corrected chi connectivity index (χ0v) is 14.9. The van der Waals surface area contributed by atoms with Gasteiger partial charge in [0.1, 0.15) is 5.82 Å². The number of benzene rings is 2. The molecule has 0 aliphatic heterocycles. The molecule has 0 saturated heterocycles. The highest BCUT2D eigenvalue weighted by molar-refractivity contribution is 5.77. The smallest absolute Gasteiger partial charge is 0.258 e. The Labute approximate surface area is 155 Å². The van der Waals surface area contributed by atoms with Gasteiger partial charge in [0, 0.05) is 6.42 Å². The highest BCUT2D eigenvalue weighted by Gasteiger charge is 2.12. The van der Waals surface area contributed by atoms with Crippen molar-refractivity contribution < 1.29 is 4.52 Å². The van der Waals surface area contributed by atoms with E-state index in [4.69, 9.17) is 4.52 Å². The topological polar surface area (TPSA) is 87.9 Å². The summed E-state index contributed by atoms with van der Waals surface area (Å²) in [4.78, 5) is 25.9. The number of nitrogens with zero attached hydrogens (tertiary/aromatic N) is 4. The van der Waals surface area contributed by atoms with Crippen LogP contribution in [0.1, 0.15) is 23.1 Å². The highest BCUT2D eigenvalue weighted by atomic mass is 16.5. The zero-order valence-electron chi connectivity index (χ0n) is 14.9. The standard InChI is InChI=1S/C20H19N5O2/c1-25(12-18-21-16-10-6-5-9-15(16)20(26)23-18)13-19-22-17(24-27-19)11-14-7-3-2-4-8-14/h2-10H,11-13H2,1H3,(H,21,23,26). The lowest BCUT2D eigenvalue weighted by atomic mass is 10.1. The summed E-state index contributed by atoms with van der Waals surface area (Å²) >= 11 is 0. The van der Waals surface area contributed by atoms with Crippen LogP contribution in [0.5, 0.6) is 0 Å². The lowest BCUT2D eigenvalue weighted by Crippen LogP contribution is -2.22. The van der Waals surface area contributed by atoms with Crippen molar-refractivity contribution in [2.75, 3.05) is 7.05 Å². The van der Waals surface area contributed by atoms with Gasteiger partial charge in [0.15, 0.2) is 5.82 Å². The minimum absolute atomic E-state index is 0.132. The van der Waals surface area contributed by atoms with E-state index >= 15 is 0 Å². The van der Waals surface area contributed by atoms with Crippen LogP contribution in [0, 0.1) is 0 Å². The van der Waals surface area contributed by atoms with Crippen LogP contribution < -0.4 is 5.56 Å². The van der Waals surface area contributed by atoms with Gasteiger partial charge in [-0.15, -0.1) is 0 Å². The summed E-state index contributed by atoms with van der Waals surface area (Å²) in [6.07, 6.45) is 0.633. The van der Waals surface area contributed by atoms with E-state index in [1.165, 1.54) is 0 Å². The third-order valence-electron chi connectivity index (χ3n) is 4.20. The van der Waals surface area contributed by atoms with Crippen molar-refractivity contribution in [3.63, 3.8) is 0 Å². The van der Waals surface area contributed by atoms with Crippen LogP contribution in [0.15, 0.2) is 63.9 Å². The Morgan fingerprint density at radius 1 is 1.00 bits per heavy atom. The third-order valence-corrected chi connectivity index (χ3v) is 4.20. The van der Waals surface area contributed by atoms with Crippen molar-refractivity contribution in [3.8, 4) is 0 Å². The summed E-state index contributed by atoms with van der Waals surface area (Å²) in [6, 6.07) is 17.3. The number of hydrogen-bond donors (Lipinski definition) is 1.